The maximum Gasteiger partial charge on any atom is 0.163 e. The van der Waals surface area contributed by atoms with Crippen LogP contribution in [0.4, 0.5) is 20.2 Å². The summed E-state index contributed by atoms with van der Waals surface area (Å²) in [6.45, 7) is 12.9. The second-order valence-electron chi connectivity index (χ2n) is 10.7. The number of amides is 1. The first kappa shape index (κ1) is 32.9. The number of hydrogen-bond acceptors (Lipinski definition) is 5. The fourth-order valence-electron chi connectivity index (χ4n) is 4.92. The van der Waals surface area contributed by atoms with Gasteiger partial charge in [0.25, 0.3) is 5.91 Å². The molecule has 1 aliphatic heterocycles. The van der Waals surface area contributed by atoms with Gasteiger partial charge in [-0.2, -0.15) is 0 Å². The third-order valence-corrected chi connectivity index (χ3v) is 16.1. The SMILES string of the molecule is CCCS(=O)(=O)Nc1ccc(F)c(C(=O)Nc2cnc3[nH]c(/C(=C/C=C(\C)N4CCI(C(C)C)CC4)CC)cc3c2)c1F. The Hall–Kier alpha value is -3.00. The summed E-state index contributed by atoms with van der Waals surface area (Å²) in [5.74, 6) is -3.69. The van der Waals surface area contributed by atoms with E-state index in [0.29, 0.717) is 12.1 Å². The van der Waals surface area contributed by atoms with E-state index in [-0.39, 0.29) is 11.4 Å². The number of carbonyl (C=O) groups excluding carboxylic acids is 1. The van der Waals surface area contributed by atoms with Gasteiger partial charge in [0, 0.05) is 0 Å². The van der Waals surface area contributed by atoms with Crippen LogP contribution < -0.4 is 10.0 Å². The van der Waals surface area contributed by atoms with Crippen molar-refractivity contribution in [2.24, 2.45) is 0 Å². The van der Waals surface area contributed by atoms with Crippen molar-refractivity contribution in [2.45, 2.75) is 51.4 Å². The second kappa shape index (κ2) is 14.2. The number of rotatable bonds is 11. The van der Waals surface area contributed by atoms with E-state index < -0.39 is 58.6 Å². The summed E-state index contributed by atoms with van der Waals surface area (Å²) in [6.07, 6.45) is 6.80. The molecule has 3 N–H and O–H groups in total. The van der Waals surface area contributed by atoms with Gasteiger partial charge in [0.2, 0.25) is 10.0 Å². The Bertz CT molecular complexity index is 1640. The van der Waals surface area contributed by atoms with Crippen molar-refractivity contribution in [3.05, 3.63) is 71.2 Å². The van der Waals surface area contributed by atoms with Crippen LogP contribution in [-0.2, 0) is 10.0 Å². The van der Waals surface area contributed by atoms with Crippen molar-refractivity contribution in [1.29, 1.82) is 0 Å². The summed E-state index contributed by atoms with van der Waals surface area (Å²) in [4.78, 5) is 23.1. The van der Waals surface area contributed by atoms with Crippen LogP contribution in [0.5, 0.6) is 0 Å². The number of H-pyrrole nitrogens is 1. The summed E-state index contributed by atoms with van der Waals surface area (Å²) in [5, 5.41) is 3.21. The molecule has 1 amide bonds. The van der Waals surface area contributed by atoms with E-state index in [0.717, 1.165) is 52.2 Å². The Labute approximate surface area is 259 Å². The molecule has 0 bridgehead atoms. The van der Waals surface area contributed by atoms with Gasteiger partial charge >= 0.3 is 159 Å². The molecule has 0 radical (unpaired) electrons. The third-order valence-electron chi connectivity index (χ3n) is 7.35. The fourth-order valence-corrected chi connectivity index (χ4v) is 11.5. The number of pyridine rings is 1. The number of aromatic amines is 1. The van der Waals surface area contributed by atoms with Gasteiger partial charge < -0.3 is 5.32 Å². The first-order valence-electron chi connectivity index (χ1n) is 14.4. The average Bonchev–Trinajstić information content (AvgIpc) is 3.38. The number of carbonyl (C=O) groups is 1. The number of alkyl halides is 3. The maximum absolute atomic E-state index is 15.1. The number of allylic oxidation sites excluding steroid dienone is 4. The first-order chi connectivity index (χ1) is 20.4. The molecule has 12 heteroatoms. The van der Waals surface area contributed by atoms with Crippen LogP contribution in [0.1, 0.15) is 63.5 Å². The monoisotopic (exact) mass is 727 g/mol. The van der Waals surface area contributed by atoms with Gasteiger partial charge in [0.05, 0.1) is 11.4 Å². The summed E-state index contributed by atoms with van der Waals surface area (Å²) >= 11 is -0.806. The second-order valence-corrected chi connectivity index (χ2v) is 20.1. The molecule has 0 saturated carbocycles. The summed E-state index contributed by atoms with van der Waals surface area (Å²) in [6, 6.07) is 5.41. The Morgan fingerprint density at radius 3 is 2.53 bits per heavy atom. The van der Waals surface area contributed by atoms with E-state index in [1.54, 1.807) is 13.0 Å². The van der Waals surface area contributed by atoms with Gasteiger partial charge in [0.15, 0.2) is 5.82 Å². The molecule has 0 spiro atoms. The molecular weight excluding hydrogens is 687 g/mol. The molecule has 1 aliphatic rings. The Morgan fingerprint density at radius 1 is 1.16 bits per heavy atom. The van der Waals surface area contributed by atoms with Gasteiger partial charge in [-0.25, -0.2) is 17.2 Å². The number of anilines is 2. The van der Waals surface area contributed by atoms with E-state index in [9.17, 15) is 17.6 Å². The number of nitrogens with zero attached hydrogens (tertiary/aromatic N) is 2. The molecule has 8 nitrogen and oxygen atoms in total. The summed E-state index contributed by atoms with van der Waals surface area (Å²) in [7, 11) is -3.84. The van der Waals surface area contributed by atoms with E-state index >= 15 is 4.39 Å². The van der Waals surface area contributed by atoms with Crippen LogP contribution in [0.15, 0.2) is 48.3 Å². The van der Waals surface area contributed by atoms with Crippen LogP contribution in [0.2, 0.25) is 0 Å². The van der Waals surface area contributed by atoms with E-state index in [1.165, 1.54) is 20.7 Å². The molecule has 43 heavy (non-hydrogen) atoms. The number of halogens is 3. The molecule has 1 aromatic carbocycles. The third kappa shape index (κ3) is 8.14. The molecule has 0 atom stereocenters. The van der Waals surface area contributed by atoms with Gasteiger partial charge in [-0.1, -0.05) is 6.92 Å². The van der Waals surface area contributed by atoms with Crippen LogP contribution in [-0.4, -0.2) is 60.8 Å². The number of sulfonamides is 1. The van der Waals surface area contributed by atoms with E-state index in [2.05, 4.69) is 64.8 Å². The van der Waals surface area contributed by atoms with E-state index in [1.807, 2.05) is 6.07 Å². The minimum Gasteiger partial charge on any atom is -0.204 e. The first-order valence-corrected chi connectivity index (χ1v) is 20.4. The fraction of sp³-hybridized carbons (Fsp3) is 0.419. The number of fused-ring (bicyclic) bond motifs is 1. The van der Waals surface area contributed by atoms with Crippen LogP contribution in [0.3, 0.4) is 0 Å². The largest absolute Gasteiger partial charge is 0.204 e. The molecular formula is C31H40F2IN5O3S. The van der Waals surface area contributed by atoms with Crippen molar-refractivity contribution in [2.75, 3.05) is 37.7 Å². The number of benzene rings is 1. The molecule has 3 aromatic rings. The van der Waals surface area contributed by atoms with Crippen molar-refractivity contribution in [3.8, 4) is 0 Å². The van der Waals surface area contributed by atoms with Crippen molar-refractivity contribution < 1.29 is 22.0 Å². The van der Waals surface area contributed by atoms with Gasteiger partial charge in [-0.15, -0.1) is 0 Å². The standard InChI is InChI=1S/C31H40F2IN5O3S/c1-6-16-43(41,42)38-26-11-10-25(32)28(29(26)33)31(40)36-24-17-23-18-27(37-30(23)35-19-24)22(7-2)9-8-21(5)39-14-12-34(13-15-39)20(3)4/h8-11,17-20,38H,6-7,12-16H2,1-5H3,(H,35,37)(H,36,40)/b21-8+,22-9+. The van der Waals surface area contributed by atoms with E-state index in [4.69, 9.17) is 0 Å². The molecule has 3 heterocycles. The smallest absolute Gasteiger partial charge is 0.163 e. The zero-order valence-corrected chi connectivity index (χ0v) is 28.2. The normalized spacial score (nSPS) is 15.8. The molecule has 1 saturated heterocycles. The van der Waals surface area contributed by atoms with Crippen molar-refractivity contribution >= 4 is 63.7 Å². The molecule has 2 aromatic heterocycles. The predicted octanol–water partition coefficient (Wildman–Crippen LogP) is 7.17. The molecule has 234 valence electrons. The van der Waals surface area contributed by atoms with Gasteiger partial charge in [-0.3, -0.25) is 9.52 Å². The molecule has 1 fully saturated rings. The van der Waals surface area contributed by atoms with Crippen molar-refractivity contribution in [3.63, 3.8) is 0 Å². The minimum atomic E-state index is -3.84. The zero-order chi connectivity index (χ0) is 31.3. The van der Waals surface area contributed by atoms with Gasteiger partial charge in [0.1, 0.15) is 11.4 Å². The number of aromatic nitrogens is 2. The molecule has 0 aliphatic carbocycles. The Balaban J connectivity index is 1.51. The zero-order valence-electron chi connectivity index (χ0n) is 25.2. The number of hydrogen-bond donors (Lipinski definition) is 3. The van der Waals surface area contributed by atoms with Crippen LogP contribution >= 0.6 is 19.8 Å². The Morgan fingerprint density at radius 2 is 1.88 bits per heavy atom. The van der Waals surface area contributed by atoms with Crippen molar-refractivity contribution in [1.82, 2.24) is 14.9 Å². The Kier molecular flexibility index (Phi) is 10.9. The topological polar surface area (TPSA) is 107 Å². The predicted molar refractivity (Wildman–Crippen MR) is 181 cm³/mol. The number of nitrogens with one attached hydrogen (secondary N) is 3. The summed E-state index contributed by atoms with van der Waals surface area (Å²) in [5.41, 5.74) is 2.72. The molecule has 4 rings (SSSR count). The van der Waals surface area contributed by atoms with Crippen LogP contribution in [0.25, 0.3) is 16.6 Å². The average molecular weight is 728 g/mol. The maximum atomic E-state index is 15.1. The molecule has 0 unspecified atom stereocenters. The summed E-state index contributed by atoms with van der Waals surface area (Å²) < 4.78 is 59.5. The quantitative estimate of drug-likeness (QED) is 0.110. The minimum absolute atomic E-state index is 0.237. The van der Waals surface area contributed by atoms with Gasteiger partial charge in [-0.05, 0) is 18.6 Å². The van der Waals surface area contributed by atoms with Crippen LogP contribution in [0, 0.1) is 11.6 Å².